The Morgan fingerprint density at radius 3 is 2.55 bits per heavy atom. The molecule has 0 amide bonds. The summed E-state index contributed by atoms with van der Waals surface area (Å²) >= 11 is 0. The van der Waals surface area contributed by atoms with Crippen LogP contribution in [0.3, 0.4) is 0 Å². The number of aliphatic imine (C=N–C) groups is 1. The van der Waals surface area contributed by atoms with Gasteiger partial charge in [-0.25, -0.2) is 0 Å². The lowest BCUT2D eigenvalue weighted by molar-refractivity contribution is 0.292. The maximum absolute atomic E-state index is 4.26. The fourth-order valence-corrected chi connectivity index (χ4v) is 2.10. The Kier molecular flexibility index (Phi) is 12.3. The van der Waals surface area contributed by atoms with Crippen molar-refractivity contribution in [2.24, 2.45) is 4.99 Å². The van der Waals surface area contributed by atoms with Crippen LogP contribution in [0.5, 0.6) is 0 Å². The Morgan fingerprint density at radius 2 is 2.00 bits per heavy atom. The lowest BCUT2D eigenvalue weighted by Crippen LogP contribution is -2.42. The van der Waals surface area contributed by atoms with E-state index in [1.54, 1.807) is 0 Å². The first-order valence-electron chi connectivity index (χ1n) is 7.98. The summed E-state index contributed by atoms with van der Waals surface area (Å²) < 4.78 is 0. The Balaban J connectivity index is 3.83. The Morgan fingerprint density at radius 1 is 1.30 bits per heavy atom. The minimum absolute atomic E-state index is 0.457. The summed E-state index contributed by atoms with van der Waals surface area (Å²) in [5.41, 5.74) is 0. The molecular weight excluding hydrogens is 248 g/mol. The van der Waals surface area contributed by atoms with Crippen LogP contribution in [0.1, 0.15) is 47.0 Å². The molecule has 1 atom stereocenters. The number of rotatable bonds is 10. The highest BCUT2D eigenvalue weighted by Crippen LogP contribution is 1.99. The number of hydrogen-bond acceptors (Lipinski definition) is 2. The van der Waals surface area contributed by atoms with E-state index in [0.717, 1.165) is 32.0 Å². The van der Waals surface area contributed by atoms with Gasteiger partial charge >= 0.3 is 0 Å². The standard InChI is InChI=1S/C16H34N4/c1-6-9-10-13-18-16(17-5)19-15(4)12-11-14-20(7-2)8-3/h6,9,15H,7-8,10-14H2,1-5H3,(H2,17,18,19). The molecule has 4 nitrogen and oxygen atoms in total. The monoisotopic (exact) mass is 282 g/mol. The zero-order chi connectivity index (χ0) is 15.2. The van der Waals surface area contributed by atoms with Crippen molar-refractivity contribution in [1.29, 1.82) is 0 Å². The van der Waals surface area contributed by atoms with Gasteiger partial charge in [0.25, 0.3) is 0 Å². The maximum atomic E-state index is 4.26. The average molecular weight is 282 g/mol. The van der Waals surface area contributed by atoms with Crippen molar-refractivity contribution < 1.29 is 0 Å². The zero-order valence-corrected chi connectivity index (χ0v) is 14.1. The second-order valence-electron chi connectivity index (χ2n) is 5.07. The number of nitrogens with one attached hydrogen (secondary N) is 2. The second-order valence-corrected chi connectivity index (χ2v) is 5.07. The summed E-state index contributed by atoms with van der Waals surface area (Å²) in [5.74, 6) is 0.907. The highest BCUT2D eigenvalue weighted by Gasteiger charge is 2.06. The number of nitrogens with zero attached hydrogens (tertiary/aromatic N) is 2. The molecule has 20 heavy (non-hydrogen) atoms. The van der Waals surface area contributed by atoms with Crippen molar-refractivity contribution in [3.8, 4) is 0 Å². The fraction of sp³-hybridized carbons (Fsp3) is 0.812. The summed E-state index contributed by atoms with van der Waals surface area (Å²) in [6, 6.07) is 0.457. The predicted molar refractivity (Wildman–Crippen MR) is 90.4 cm³/mol. The van der Waals surface area contributed by atoms with E-state index in [-0.39, 0.29) is 0 Å². The second kappa shape index (κ2) is 13.0. The largest absolute Gasteiger partial charge is 0.356 e. The lowest BCUT2D eigenvalue weighted by Gasteiger charge is -2.21. The molecule has 0 saturated carbocycles. The van der Waals surface area contributed by atoms with Gasteiger partial charge in [0.05, 0.1) is 0 Å². The Labute approximate surface area is 125 Å². The molecule has 1 unspecified atom stereocenters. The van der Waals surface area contributed by atoms with Crippen molar-refractivity contribution >= 4 is 5.96 Å². The molecule has 2 N–H and O–H groups in total. The van der Waals surface area contributed by atoms with Gasteiger partial charge in [-0.1, -0.05) is 26.0 Å². The van der Waals surface area contributed by atoms with Crippen LogP contribution in [0, 0.1) is 0 Å². The van der Waals surface area contributed by atoms with E-state index in [2.05, 4.69) is 53.4 Å². The average Bonchev–Trinajstić information content (AvgIpc) is 2.46. The van der Waals surface area contributed by atoms with E-state index in [4.69, 9.17) is 0 Å². The first kappa shape index (κ1) is 19.0. The smallest absolute Gasteiger partial charge is 0.191 e. The molecule has 0 aromatic heterocycles. The molecule has 0 aromatic rings. The molecule has 0 fully saturated rings. The summed E-state index contributed by atoms with van der Waals surface area (Å²) in [7, 11) is 1.83. The first-order chi connectivity index (χ1) is 9.67. The van der Waals surface area contributed by atoms with Gasteiger partial charge in [0, 0.05) is 19.6 Å². The van der Waals surface area contributed by atoms with Crippen molar-refractivity contribution in [2.75, 3.05) is 33.2 Å². The van der Waals surface area contributed by atoms with Gasteiger partial charge in [-0.2, -0.15) is 0 Å². The van der Waals surface area contributed by atoms with Gasteiger partial charge in [0.1, 0.15) is 0 Å². The van der Waals surface area contributed by atoms with Crippen LogP contribution in [0.4, 0.5) is 0 Å². The van der Waals surface area contributed by atoms with Gasteiger partial charge < -0.3 is 15.5 Å². The van der Waals surface area contributed by atoms with Crippen LogP contribution in [0.15, 0.2) is 17.1 Å². The number of guanidine groups is 1. The van der Waals surface area contributed by atoms with Crippen molar-refractivity contribution in [2.45, 2.75) is 53.0 Å². The van der Waals surface area contributed by atoms with E-state index < -0.39 is 0 Å². The van der Waals surface area contributed by atoms with Crippen molar-refractivity contribution in [3.05, 3.63) is 12.2 Å². The maximum Gasteiger partial charge on any atom is 0.191 e. The molecule has 0 spiro atoms. The van der Waals surface area contributed by atoms with Gasteiger partial charge in [0.15, 0.2) is 5.96 Å². The minimum atomic E-state index is 0.457. The van der Waals surface area contributed by atoms with Gasteiger partial charge in [0.2, 0.25) is 0 Å². The molecule has 0 radical (unpaired) electrons. The van der Waals surface area contributed by atoms with Crippen LogP contribution in [0.2, 0.25) is 0 Å². The fourth-order valence-electron chi connectivity index (χ4n) is 2.10. The summed E-state index contributed by atoms with van der Waals surface area (Å²) in [5, 5.41) is 6.78. The normalized spacial score (nSPS) is 14.0. The van der Waals surface area contributed by atoms with Crippen LogP contribution in [-0.2, 0) is 0 Å². The van der Waals surface area contributed by atoms with E-state index in [1.165, 1.54) is 19.4 Å². The molecule has 118 valence electrons. The molecule has 0 aromatic carbocycles. The van der Waals surface area contributed by atoms with Crippen molar-refractivity contribution in [1.82, 2.24) is 15.5 Å². The molecule has 0 aliphatic carbocycles. The highest BCUT2D eigenvalue weighted by molar-refractivity contribution is 5.79. The summed E-state index contributed by atoms with van der Waals surface area (Å²) in [4.78, 5) is 6.73. The molecule has 0 saturated heterocycles. The molecule has 0 aliphatic heterocycles. The van der Waals surface area contributed by atoms with Crippen LogP contribution in [0.25, 0.3) is 0 Å². The number of hydrogen-bond donors (Lipinski definition) is 2. The first-order valence-corrected chi connectivity index (χ1v) is 7.98. The third-order valence-corrected chi connectivity index (χ3v) is 3.45. The molecule has 4 heteroatoms. The quantitative estimate of drug-likeness (QED) is 0.280. The third kappa shape index (κ3) is 9.84. The Hall–Kier alpha value is -1.03. The molecule has 0 rings (SSSR count). The van der Waals surface area contributed by atoms with Gasteiger partial charge in [-0.05, 0) is 52.7 Å². The Bertz CT molecular complexity index is 270. The van der Waals surface area contributed by atoms with Gasteiger partial charge in [-0.15, -0.1) is 0 Å². The van der Waals surface area contributed by atoms with E-state index >= 15 is 0 Å². The van der Waals surface area contributed by atoms with Crippen LogP contribution in [-0.4, -0.2) is 50.1 Å². The molecule has 0 aliphatic rings. The van der Waals surface area contributed by atoms with E-state index in [9.17, 15) is 0 Å². The zero-order valence-electron chi connectivity index (χ0n) is 14.1. The lowest BCUT2D eigenvalue weighted by atomic mass is 10.2. The molecule has 0 bridgehead atoms. The summed E-state index contributed by atoms with van der Waals surface area (Å²) in [6.07, 6.45) is 7.67. The summed E-state index contributed by atoms with van der Waals surface area (Å²) in [6.45, 7) is 13.1. The highest BCUT2D eigenvalue weighted by atomic mass is 15.2. The molecular formula is C16H34N4. The van der Waals surface area contributed by atoms with E-state index in [1.807, 2.05) is 14.0 Å². The van der Waals surface area contributed by atoms with Gasteiger partial charge in [-0.3, -0.25) is 4.99 Å². The predicted octanol–water partition coefficient (Wildman–Crippen LogP) is 2.63. The third-order valence-electron chi connectivity index (χ3n) is 3.45. The van der Waals surface area contributed by atoms with Crippen LogP contribution < -0.4 is 10.6 Å². The minimum Gasteiger partial charge on any atom is -0.356 e. The van der Waals surface area contributed by atoms with E-state index in [0.29, 0.717) is 6.04 Å². The van der Waals surface area contributed by atoms with Crippen LogP contribution >= 0.6 is 0 Å². The SMILES string of the molecule is CC=CCCNC(=NC)NC(C)CCCN(CC)CC. The molecule has 0 heterocycles. The number of allylic oxidation sites excluding steroid dienone is 1. The topological polar surface area (TPSA) is 39.7 Å². The van der Waals surface area contributed by atoms with Crippen molar-refractivity contribution in [3.63, 3.8) is 0 Å².